The number of halogens is 1. The van der Waals surface area contributed by atoms with Gasteiger partial charge in [0.05, 0.1) is 23.0 Å². The Hall–Kier alpha value is -0.580. The largest absolute Gasteiger partial charge is 0.271 e. The van der Waals surface area contributed by atoms with E-state index in [9.17, 15) is 0 Å². The quantitative estimate of drug-likeness (QED) is 0.644. The summed E-state index contributed by atoms with van der Waals surface area (Å²) < 4.78 is 2.00. The van der Waals surface area contributed by atoms with E-state index in [0.717, 1.165) is 23.7 Å². The van der Waals surface area contributed by atoms with Crippen LogP contribution in [0.2, 0.25) is 5.02 Å². The van der Waals surface area contributed by atoms with Crippen molar-refractivity contribution in [3.8, 4) is 0 Å². The zero-order valence-corrected chi connectivity index (χ0v) is 12.9. The first-order chi connectivity index (χ1) is 9.01. The number of rotatable bonds is 5. The molecule has 108 valence electrons. The third-order valence-electron chi connectivity index (χ3n) is 4.49. The van der Waals surface area contributed by atoms with E-state index in [1.165, 1.54) is 19.3 Å². The van der Waals surface area contributed by atoms with Gasteiger partial charge in [0.1, 0.15) is 0 Å². The second kappa shape index (κ2) is 5.81. The van der Waals surface area contributed by atoms with Crippen LogP contribution in [-0.2, 0) is 6.54 Å². The minimum absolute atomic E-state index is 0.0825. The molecule has 0 spiro atoms. The zero-order valence-electron chi connectivity index (χ0n) is 12.1. The molecule has 19 heavy (non-hydrogen) atoms. The highest BCUT2D eigenvalue weighted by Gasteiger charge is 2.41. The predicted molar refractivity (Wildman–Crippen MR) is 78.7 cm³/mol. The molecule has 5 heteroatoms. The van der Waals surface area contributed by atoms with Gasteiger partial charge in [-0.05, 0) is 30.6 Å². The normalized spacial score (nSPS) is 23.7. The molecule has 0 amide bonds. The first kappa shape index (κ1) is 14.8. The Morgan fingerprint density at radius 1 is 1.63 bits per heavy atom. The van der Waals surface area contributed by atoms with Crippen molar-refractivity contribution in [3.05, 3.63) is 16.9 Å². The van der Waals surface area contributed by atoms with Crippen LogP contribution in [0.15, 0.2) is 6.20 Å². The van der Waals surface area contributed by atoms with Gasteiger partial charge in [-0.3, -0.25) is 16.0 Å². The Kier molecular flexibility index (Phi) is 4.54. The van der Waals surface area contributed by atoms with Crippen LogP contribution in [0.4, 0.5) is 0 Å². The first-order valence-electron chi connectivity index (χ1n) is 7.18. The lowest BCUT2D eigenvalue weighted by atomic mass is 9.76. The highest BCUT2D eigenvalue weighted by Crippen LogP contribution is 2.49. The molecule has 1 heterocycles. The maximum Gasteiger partial charge on any atom is 0.0834 e. The van der Waals surface area contributed by atoms with Crippen molar-refractivity contribution in [1.82, 2.24) is 15.2 Å². The predicted octanol–water partition coefficient (Wildman–Crippen LogP) is 3.28. The van der Waals surface area contributed by atoms with Gasteiger partial charge in [-0.1, -0.05) is 38.8 Å². The lowest BCUT2D eigenvalue weighted by Crippen LogP contribution is -2.39. The first-order valence-corrected chi connectivity index (χ1v) is 7.56. The van der Waals surface area contributed by atoms with Gasteiger partial charge in [-0.25, -0.2) is 0 Å². The molecule has 0 radical (unpaired) electrons. The van der Waals surface area contributed by atoms with Crippen molar-refractivity contribution in [2.45, 2.75) is 59.0 Å². The Balaban J connectivity index is 2.34. The van der Waals surface area contributed by atoms with Crippen LogP contribution >= 0.6 is 11.6 Å². The number of nitrogens with two attached hydrogens (primary N) is 1. The molecule has 2 atom stereocenters. The van der Waals surface area contributed by atoms with Crippen molar-refractivity contribution in [1.29, 1.82) is 0 Å². The van der Waals surface area contributed by atoms with E-state index < -0.39 is 0 Å². The van der Waals surface area contributed by atoms with Gasteiger partial charge in [0.2, 0.25) is 0 Å². The third-order valence-corrected chi connectivity index (χ3v) is 4.78. The number of hydrogen-bond acceptors (Lipinski definition) is 3. The Morgan fingerprint density at radius 3 is 2.89 bits per heavy atom. The molecule has 3 N–H and O–H groups in total. The summed E-state index contributed by atoms with van der Waals surface area (Å²) >= 11 is 6.35. The van der Waals surface area contributed by atoms with Crippen LogP contribution in [0.25, 0.3) is 0 Å². The molecule has 1 aromatic heterocycles. The molecule has 1 saturated carbocycles. The number of hydrogen-bond donors (Lipinski definition) is 2. The van der Waals surface area contributed by atoms with Crippen molar-refractivity contribution in [2.24, 2.45) is 17.2 Å². The van der Waals surface area contributed by atoms with Gasteiger partial charge in [0.15, 0.2) is 0 Å². The summed E-state index contributed by atoms with van der Waals surface area (Å²) in [5.41, 5.74) is 4.34. The monoisotopic (exact) mass is 284 g/mol. The molecule has 0 aliphatic heterocycles. The third kappa shape index (κ3) is 2.81. The van der Waals surface area contributed by atoms with Gasteiger partial charge in [-0.15, -0.1) is 0 Å². The van der Waals surface area contributed by atoms with Crippen LogP contribution in [0, 0.1) is 11.3 Å². The maximum absolute atomic E-state index is 6.35. The lowest BCUT2D eigenvalue weighted by molar-refractivity contribution is 0.191. The molecule has 2 unspecified atom stereocenters. The molecule has 1 aromatic rings. The molecular weight excluding hydrogens is 260 g/mol. The number of aryl methyl sites for hydroxylation is 1. The van der Waals surface area contributed by atoms with E-state index in [0.29, 0.717) is 11.3 Å². The number of hydrazine groups is 1. The fourth-order valence-corrected chi connectivity index (χ4v) is 3.69. The van der Waals surface area contributed by atoms with Gasteiger partial charge in [0.25, 0.3) is 0 Å². The highest BCUT2D eigenvalue weighted by atomic mass is 35.5. The SMILES string of the molecule is CCCn1ncc(Cl)c1C(NN)C1CCCC1(C)C. The summed E-state index contributed by atoms with van der Waals surface area (Å²) in [5, 5.41) is 5.10. The molecular formula is C14H25ClN4. The number of aromatic nitrogens is 2. The Labute approximate surface area is 120 Å². The van der Waals surface area contributed by atoms with E-state index >= 15 is 0 Å². The molecule has 4 nitrogen and oxygen atoms in total. The maximum atomic E-state index is 6.35. The summed E-state index contributed by atoms with van der Waals surface area (Å²) in [5.74, 6) is 6.35. The standard InChI is InChI=1S/C14H25ClN4/c1-4-8-19-13(11(15)9-17-19)12(18-16)10-6-5-7-14(10,2)3/h9-10,12,18H,4-8,16H2,1-3H3. The number of nitrogens with zero attached hydrogens (tertiary/aromatic N) is 2. The molecule has 1 aliphatic carbocycles. The lowest BCUT2D eigenvalue weighted by Gasteiger charge is -2.34. The molecule has 2 rings (SSSR count). The second-order valence-corrected chi connectivity index (χ2v) is 6.64. The summed E-state index contributed by atoms with van der Waals surface area (Å²) in [6, 6.07) is 0.0825. The topological polar surface area (TPSA) is 55.9 Å². The summed E-state index contributed by atoms with van der Waals surface area (Å²) in [6.07, 6.45) is 6.47. The van der Waals surface area contributed by atoms with Crippen LogP contribution in [0.1, 0.15) is 58.2 Å². The average Bonchev–Trinajstić information content (AvgIpc) is 2.87. The average molecular weight is 285 g/mol. The number of nitrogens with one attached hydrogen (secondary N) is 1. The molecule has 1 fully saturated rings. The summed E-state index contributed by atoms with van der Waals surface area (Å²) in [4.78, 5) is 0. The fraction of sp³-hybridized carbons (Fsp3) is 0.786. The Bertz CT molecular complexity index is 427. The molecule has 1 aliphatic rings. The van der Waals surface area contributed by atoms with Crippen LogP contribution in [0.5, 0.6) is 0 Å². The van der Waals surface area contributed by atoms with Gasteiger partial charge >= 0.3 is 0 Å². The molecule has 0 bridgehead atoms. The molecule has 0 aromatic carbocycles. The van der Waals surface area contributed by atoms with Crippen LogP contribution in [-0.4, -0.2) is 9.78 Å². The van der Waals surface area contributed by atoms with Crippen molar-refractivity contribution in [3.63, 3.8) is 0 Å². The van der Waals surface area contributed by atoms with Crippen molar-refractivity contribution >= 4 is 11.6 Å². The minimum Gasteiger partial charge on any atom is -0.271 e. The minimum atomic E-state index is 0.0825. The molecule has 0 saturated heterocycles. The van der Waals surface area contributed by atoms with Gasteiger partial charge in [0, 0.05) is 6.54 Å². The van der Waals surface area contributed by atoms with E-state index in [2.05, 4.69) is 31.3 Å². The zero-order chi connectivity index (χ0) is 14.0. The van der Waals surface area contributed by atoms with E-state index in [1.54, 1.807) is 6.20 Å². The van der Waals surface area contributed by atoms with E-state index in [-0.39, 0.29) is 6.04 Å². The van der Waals surface area contributed by atoms with Crippen LogP contribution in [0.3, 0.4) is 0 Å². The van der Waals surface area contributed by atoms with Gasteiger partial charge < -0.3 is 0 Å². The summed E-state index contributed by atoms with van der Waals surface area (Å²) in [6.45, 7) is 7.67. The smallest absolute Gasteiger partial charge is 0.0834 e. The highest BCUT2D eigenvalue weighted by molar-refractivity contribution is 6.31. The van der Waals surface area contributed by atoms with Crippen molar-refractivity contribution in [2.75, 3.05) is 0 Å². The Morgan fingerprint density at radius 2 is 2.37 bits per heavy atom. The van der Waals surface area contributed by atoms with Crippen molar-refractivity contribution < 1.29 is 0 Å². The second-order valence-electron chi connectivity index (χ2n) is 6.23. The van der Waals surface area contributed by atoms with Gasteiger partial charge in [-0.2, -0.15) is 5.10 Å². The van der Waals surface area contributed by atoms with E-state index in [1.807, 2.05) is 4.68 Å². The summed E-state index contributed by atoms with van der Waals surface area (Å²) in [7, 11) is 0. The fourth-order valence-electron chi connectivity index (χ4n) is 3.43. The van der Waals surface area contributed by atoms with E-state index in [4.69, 9.17) is 17.4 Å². The van der Waals surface area contributed by atoms with Crippen LogP contribution < -0.4 is 11.3 Å².